The van der Waals surface area contributed by atoms with Gasteiger partial charge < -0.3 is 5.11 Å². The maximum absolute atomic E-state index is 11.2. The van der Waals surface area contributed by atoms with Gasteiger partial charge in [0, 0.05) is 21.5 Å². The van der Waals surface area contributed by atoms with Crippen LogP contribution in [0.3, 0.4) is 0 Å². The molecule has 0 fully saturated rings. The Morgan fingerprint density at radius 2 is 1.80 bits per heavy atom. The molecule has 0 amide bonds. The van der Waals surface area contributed by atoms with Gasteiger partial charge in [-0.1, -0.05) is 41.9 Å². The number of carboxylic acids is 1. The molecule has 4 aromatic rings. The van der Waals surface area contributed by atoms with E-state index in [0.29, 0.717) is 5.02 Å². The van der Waals surface area contributed by atoms with Gasteiger partial charge >= 0.3 is 5.97 Å². The molecule has 0 saturated heterocycles. The molecule has 1 heterocycles. The summed E-state index contributed by atoms with van der Waals surface area (Å²) in [6.45, 7) is 0. The van der Waals surface area contributed by atoms with Crippen LogP contribution in [0.5, 0.6) is 0 Å². The van der Waals surface area contributed by atoms with Gasteiger partial charge in [0.1, 0.15) is 5.01 Å². The van der Waals surface area contributed by atoms with Crippen LogP contribution >= 0.6 is 22.9 Å². The third-order valence-electron chi connectivity index (χ3n) is 3.96. The van der Waals surface area contributed by atoms with Crippen molar-refractivity contribution in [2.45, 2.75) is 0 Å². The van der Waals surface area contributed by atoms with E-state index in [9.17, 15) is 4.79 Å². The van der Waals surface area contributed by atoms with E-state index >= 15 is 0 Å². The zero-order valence-electron chi connectivity index (χ0n) is 12.9. The first-order chi connectivity index (χ1) is 12.1. The minimum atomic E-state index is -0.926. The van der Waals surface area contributed by atoms with Gasteiger partial charge in [-0.15, -0.1) is 11.3 Å². The van der Waals surface area contributed by atoms with Crippen molar-refractivity contribution >= 4 is 39.7 Å². The average Bonchev–Trinajstić information content (AvgIpc) is 3.11. The lowest BCUT2D eigenvalue weighted by Crippen LogP contribution is -1.95. The normalized spacial score (nSPS) is 10.9. The minimum absolute atomic E-state index is 0.281. The van der Waals surface area contributed by atoms with Crippen molar-refractivity contribution in [2.24, 2.45) is 0 Å². The van der Waals surface area contributed by atoms with E-state index in [4.69, 9.17) is 21.7 Å². The van der Waals surface area contributed by atoms with Crippen molar-refractivity contribution in [3.63, 3.8) is 0 Å². The molecule has 0 bridgehead atoms. The van der Waals surface area contributed by atoms with Crippen LogP contribution in [0.4, 0.5) is 0 Å². The van der Waals surface area contributed by atoms with Crippen molar-refractivity contribution in [3.8, 4) is 21.8 Å². The molecular weight excluding hydrogens is 354 g/mol. The number of aromatic nitrogens is 1. The van der Waals surface area contributed by atoms with E-state index in [-0.39, 0.29) is 5.56 Å². The molecule has 0 saturated carbocycles. The van der Waals surface area contributed by atoms with Crippen molar-refractivity contribution < 1.29 is 9.90 Å². The maximum Gasteiger partial charge on any atom is 0.335 e. The smallest absolute Gasteiger partial charge is 0.335 e. The molecule has 25 heavy (non-hydrogen) atoms. The van der Waals surface area contributed by atoms with E-state index < -0.39 is 5.97 Å². The molecule has 5 heteroatoms. The Morgan fingerprint density at radius 1 is 0.960 bits per heavy atom. The zero-order valence-corrected chi connectivity index (χ0v) is 14.5. The van der Waals surface area contributed by atoms with Crippen LogP contribution in [0, 0.1) is 0 Å². The Balaban J connectivity index is 1.75. The van der Waals surface area contributed by atoms with Gasteiger partial charge in [-0.2, -0.15) is 0 Å². The second-order valence-electron chi connectivity index (χ2n) is 5.63. The number of nitrogens with zero attached hydrogens (tertiary/aromatic N) is 1. The van der Waals surface area contributed by atoms with E-state index in [1.54, 1.807) is 23.5 Å². The number of rotatable bonds is 3. The van der Waals surface area contributed by atoms with E-state index in [0.717, 1.165) is 32.6 Å². The van der Waals surface area contributed by atoms with E-state index in [1.165, 1.54) is 0 Å². The van der Waals surface area contributed by atoms with Crippen molar-refractivity contribution in [3.05, 3.63) is 76.6 Å². The molecular formula is C20H12ClNO2S. The number of hydrogen-bond acceptors (Lipinski definition) is 3. The summed E-state index contributed by atoms with van der Waals surface area (Å²) in [7, 11) is 0. The summed E-state index contributed by atoms with van der Waals surface area (Å²) in [5.74, 6) is -0.926. The molecule has 0 aliphatic rings. The molecule has 1 N–H and O–H groups in total. The zero-order chi connectivity index (χ0) is 17.4. The second kappa shape index (κ2) is 6.31. The fourth-order valence-corrected chi connectivity index (χ4v) is 3.72. The number of hydrogen-bond donors (Lipinski definition) is 1. The monoisotopic (exact) mass is 365 g/mol. The summed E-state index contributed by atoms with van der Waals surface area (Å²) in [6, 6.07) is 18.7. The van der Waals surface area contributed by atoms with Gasteiger partial charge in [0.15, 0.2) is 0 Å². The Bertz CT molecular complexity index is 1100. The van der Waals surface area contributed by atoms with Crippen molar-refractivity contribution in [1.82, 2.24) is 4.98 Å². The van der Waals surface area contributed by atoms with Crippen LogP contribution in [0.15, 0.2) is 66.0 Å². The van der Waals surface area contributed by atoms with E-state index in [1.807, 2.05) is 53.9 Å². The number of halogens is 1. The summed E-state index contributed by atoms with van der Waals surface area (Å²) in [4.78, 5) is 15.9. The first-order valence-corrected chi connectivity index (χ1v) is 8.85. The van der Waals surface area contributed by atoms with Gasteiger partial charge in [0.25, 0.3) is 0 Å². The molecule has 0 aliphatic carbocycles. The Hall–Kier alpha value is -2.69. The Morgan fingerprint density at radius 3 is 2.60 bits per heavy atom. The quantitative estimate of drug-likeness (QED) is 0.485. The molecule has 0 radical (unpaired) electrons. The standard InChI is InChI=1S/C20H12ClNO2S/c21-17-3-1-2-13(10-17)18-11-25-19(22-18)14-6-4-12-5-7-15(20(23)24)9-16(12)8-14/h1-11H,(H,23,24). The summed E-state index contributed by atoms with van der Waals surface area (Å²) in [6.07, 6.45) is 0. The van der Waals surface area contributed by atoms with Gasteiger partial charge in [0.2, 0.25) is 0 Å². The van der Waals surface area contributed by atoms with Gasteiger partial charge in [0.05, 0.1) is 11.3 Å². The lowest BCUT2D eigenvalue weighted by Gasteiger charge is -2.03. The Labute approximate surface area is 153 Å². The average molecular weight is 366 g/mol. The summed E-state index contributed by atoms with van der Waals surface area (Å²) >= 11 is 7.60. The van der Waals surface area contributed by atoms with Crippen LogP contribution in [0.1, 0.15) is 10.4 Å². The Kier molecular flexibility index (Phi) is 3.99. The van der Waals surface area contributed by atoms with Crippen molar-refractivity contribution in [1.29, 1.82) is 0 Å². The molecule has 1 aromatic heterocycles. The highest BCUT2D eigenvalue weighted by molar-refractivity contribution is 7.13. The number of carbonyl (C=O) groups is 1. The largest absolute Gasteiger partial charge is 0.478 e. The SMILES string of the molecule is O=C(O)c1ccc2ccc(-c3nc(-c4cccc(Cl)c4)cs3)cc2c1. The maximum atomic E-state index is 11.2. The molecule has 3 aromatic carbocycles. The highest BCUT2D eigenvalue weighted by Gasteiger charge is 2.09. The topological polar surface area (TPSA) is 50.2 Å². The third-order valence-corrected chi connectivity index (χ3v) is 5.09. The molecule has 4 rings (SSSR count). The highest BCUT2D eigenvalue weighted by Crippen LogP contribution is 2.31. The third kappa shape index (κ3) is 3.14. The lowest BCUT2D eigenvalue weighted by atomic mass is 10.0. The highest BCUT2D eigenvalue weighted by atomic mass is 35.5. The summed E-state index contributed by atoms with van der Waals surface area (Å²) in [5.41, 5.74) is 3.10. The van der Waals surface area contributed by atoms with Crippen LogP contribution < -0.4 is 0 Å². The molecule has 122 valence electrons. The first kappa shape index (κ1) is 15.8. The number of thiazole rings is 1. The predicted octanol–water partition coefficient (Wildman–Crippen LogP) is 5.98. The van der Waals surface area contributed by atoms with E-state index in [2.05, 4.69) is 0 Å². The first-order valence-electron chi connectivity index (χ1n) is 7.59. The van der Waals surface area contributed by atoms with Crippen LogP contribution in [0.25, 0.3) is 32.6 Å². The molecule has 3 nitrogen and oxygen atoms in total. The molecule has 0 spiro atoms. The number of aromatic carboxylic acids is 1. The summed E-state index contributed by atoms with van der Waals surface area (Å²) in [5, 5.41) is 14.6. The van der Waals surface area contributed by atoms with Gasteiger partial charge in [-0.3, -0.25) is 0 Å². The van der Waals surface area contributed by atoms with Crippen molar-refractivity contribution in [2.75, 3.05) is 0 Å². The second-order valence-corrected chi connectivity index (χ2v) is 6.92. The van der Waals surface area contributed by atoms with Crippen LogP contribution in [0.2, 0.25) is 5.02 Å². The fraction of sp³-hybridized carbons (Fsp3) is 0. The number of benzene rings is 3. The molecule has 0 atom stereocenters. The lowest BCUT2D eigenvalue weighted by molar-refractivity contribution is 0.0697. The van der Waals surface area contributed by atoms with Crippen LogP contribution in [-0.4, -0.2) is 16.1 Å². The number of fused-ring (bicyclic) bond motifs is 1. The fourth-order valence-electron chi connectivity index (χ4n) is 2.70. The van der Waals surface area contributed by atoms with Gasteiger partial charge in [-0.05, 0) is 41.1 Å². The summed E-state index contributed by atoms with van der Waals surface area (Å²) < 4.78 is 0. The predicted molar refractivity (Wildman–Crippen MR) is 102 cm³/mol. The van der Waals surface area contributed by atoms with Crippen LogP contribution in [-0.2, 0) is 0 Å². The van der Waals surface area contributed by atoms with Gasteiger partial charge in [-0.25, -0.2) is 9.78 Å². The minimum Gasteiger partial charge on any atom is -0.478 e. The molecule has 0 aliphatic heterocycles. The number of carboxylic acid groups (broad SMARTS) is 1. The molecule has 0 unspecified atom stereocenters.